The Morgan fingerprint density at radius 1 is 1.11 bits per heavy atom. The molecule has 0 spiro atoms. The zero-order valence-corrected chi connectivity index (χ0v) is 16.0. The van der Waals surface area contributed by atoms with Crippen LogP contribution >= 0.6 is 11.6 Å². The number of hydrogen-bond acceptors (Lipinski definition) is 6. The molecule has 0 aliphatic carbocycles. The molecule has 0 fully saturated rings. The molecule has 144 valence electrons. The Hall–Kier alpha value is -2.44. The summed E-state index contributed by atoms with van der Waals surface area (Å²) in [6.45, 7) is 0.699. The van der Waals surface area contributed by atoms with Crippen LogP contribution in [0.5, 0.6) is 17.2 Å². The number of halogens is 1. The predicted octanol–water partition coefficient (Wildman–Crippen LogP) is 3.90. The van der Waals surface area contributed by atoms with Gasteiger partial charge in [-0.25, -0.2) is 0 Å². The van der Waals surface area contributed by atoms with E-state index in [0.29, 0.717) is 35.3 Å². The Labute approximate surface area is 162 Å². The van der Waals surface area contributed by atoms with Crippen molar-refractivity contribution in [3.05, 3.63) is 52.0 Å². The number of benzene rings is 2. The normalized spacial score (nSPS) is 12.7. The van der Waals surface area contributed by atoms with Gasteiger partial charge in [0.15, 0.2) is 6.79 Å². The van der Waals surface area contributed by atoms with Gasteiger partial charge in [0.2, 0.25) is 0 Å². The van der Waals surface area contributed by atoms with Crippen LogP contribution in [0.2, 0.25) is 5.02 Å². The molecule has 0 saturated carbocycles. The first-order valence-electron chi connectivity index (χ1n) is 8.48. The SMILES string of the molecule is COc1cc(CCC(=O)OCc2cc(Cl)cc3c2OCOC3)cc(OC)c1. The maximum Gasteiger partial charge on any atom is 0.306 e. The van der Waals surface area contributed by atoms with Gasteiger partial charge in [-0.15, -0.1) is 0 Å². The Morgan fingerprint density at radius 2 is 1.85 bits per heavy atom. The molecular weight excluding hydrogens is 372 g/mol. The van der Waals surface area contributed by atoms with Gasteiger partial charge in [-0.3, -0.25) is 4.79 Å². The lowest BCUT2D eigenvalue weighted by Crippen LogP contribution is -2.14. The van der Waals surface area contributed by atoms with E-state index in [1.165, 1.54) is 0 Å². The number of aryl methyl sites for hydroxylation is 1. The quantitative estimate of drug-likeness (QED) is 0.666. The number of hydrogen-bond donors (Lipinski definition) is 0. The van der Waals surface area contributed by atoms with Crippen LogP contribution in [-0.4, -0.2) is 27.0 Å². The molecule has 7 heteroatoms. The number of ether oxygens (including phenoxy) is 5. The van der Waals surface area contributed by atoms with Gasteiger partial charge in [-0.05, 0) is 36.2 Å². The highest BCUT2D eigenvalue weighted by Gasteiger charge is 2.17. The molecule has 2 aromatic carbocycles. The Balaban J connectivity index is 1.59. The summed E-state index contributed by atoms with van der Waals surface area (Å²) in [5.74, 6) is 1.74. The average molecular weight is 393 g/mol. The van der Waals surface area contributed by atoms with Crippen molar-refractivity contribution < 1.29 is 28.5 Å². The van der Waals surface area contributed by atoms with Crippen LogP contribution in [0.25, 0.3) is 0 Å². The number of carbonyl (C=O) groups is 1. The minimum atomic E-state index is -0.308. The molecule has 1 heterocycles. The summed E-state index contributed by atoms with van der Waals surface area (Å²) >= 11 is 6.12. The highest BCUT2D eigenvalue weighted by atomic mass is 35.5. The molecule has 1 aliphatic heterocycles. The van der Waals surface area contributed by atoms with Crippen LogP contribution in [-0.2, 0) is 33.9 Å². The third-order valence-corrected chi connectivity index (χ3v) is 4.39. The van der Waals surface area contributed by atoms with Gasteiger partial charge in [0.1, 0.15) is 23.9 Å². The third kappa shape index (κ3) is 5.05. The van der Waals surface area contributed by atoms with E-state index >= 15 is 0 Å². The second-order valence-electron chi connectivity index (χ2n) is 6.05. The molecule has 2 aromatic rings. The minimum absolute atomic E-state index is 0.100. The molecule has 0 atom stereocenters. The molecule has 0 aromatic heterocycles. The van der Waals surface area contributed by atoms with E-state index in [1.807, 2.05) is 12.1 Å². The van der Waals surface area contributed by atoms with Crippen molar-refractivity contribution in [2.24, 2.45) is 0 Å². The summed E-state index contributed by atoms with van der Waals surface area (Å²) in [6, 6.07) is 9.06. The van der Waals surface area contributed by atoms with Crippen molar-refractivity contribution in [2.75, 3.05) is 21.0 Å². The van der Waals surface area contributed by atoms with Crippen molar-refractivity contribution in [1.82, 2.24) is 0 Å². The first-order valence-corrected chi connectivity index (χ1v) is 8.86. The molecule has 0 bridgehead atoms. The van der Waals surface area contributed by atoms with Gasteiger partial charge in [-0.1, -0.05) is 11.6 Å². The first kappa shape index (κ1) is 19.3. The fourth-order valence-corrected chi connectivity index (χ4v) is 3.11. The summed E-state index contributed by atoms with van der Waals surface area (Å²) in [5.41, 5.74) is 2.52. The summed E-state index contributed by atoms with van der Waals surface area (Å²) in [4.78, 5) is 12.2. The molecule has 0 N–H and O–H groups in total. The molecule has 0 unspecified atom stereocenters. The van der Waals surface area contributed by atoms with Crippen LogP contribution < -0.4 is 14.2 Å². The number of fused-ring (bicyclic) bond motifs is 1. The van der Waals surface area contributed by atoms with Gasteiger partial charge in [0, 0.05) is 28.6 Å². The van der Waals surface area contributed by atoms with Gasteiger partial charge in [-0.2, -0.15) is 0 Å². The van der Waals surface area contributed by atoms with E-state index in [2.05, 4.69) is 0 Å². The average Bonchev–Trinajstić information content (AvgIpc) is 2.69. The largest absolute Gasteiger partial charge is 0.497 e. The predicted molar refractivity (Wildman–Crippen MR) is 99.4 cm³/mol. The number of carbonyl (C=O) groups excluding carboxylic acids is 1. The lowest BCUT2D eigenvalue weighted by atomic mass is 10.1. The number of rotatable bonds is 7. The molecule has 1 aliphatic rings. The van der Waals surface area contributed by atoms with E-state index < -0.39 is 0 Å². The molecule has 0 saturated heterocycles. The van der Waals surface area contributed by atoms with Crippen molar-refractivity contribution in [1.29, 1.82) is 0 Å². The molecular formula is C20H21ClO6. The minimum Gasteiger partial charge on any atom is -0.497 e. The lowest BCUT2D eigenvalue weighted by Gasteiger charge is -2.21. The summed E-state index contributed by atoms with van der Waals surface area (Å²) < 4.78 is 26.7. The van der Waals surface area contributed by atoms with Crippen LogP contribution in [0, 0.1) is 0 Å². The van der Waals surface area contributed by atoms with Crippen molar-refractivity contribution in [3.63, 3.8) is 0 Å². The number of esters is 1. The van der Waals surface area contributed by atoms with E-state index in [4.69, 9.17) is 35.3 Å². The van der Waals surface area contributed by atoms with E-state index in [9.17, 15) is 4.79 Å². The second-order valence-corrected chi connectivity index (χ2v) is 6.48. The third-order valence-electron chi connectivity index (χ3n) is 4.17. The van der Waals surface area contributed by atoms with Crippen LogP contribution in [0.3, 0.4) is 0 Å². The lowest BCUT2D eigenvalue weighted by molar-refractivity contribution is -0.145. The molecule has 3 rings (SSSR count). The van der Waals surface area contributed by atoms with E-state index in [0.717, 1.165) is 16.7 Å². The molecule has 0 amide bonds. The monoisotopic (exact) mass is 392 g/mol. The Bertz CT molecular complexity index is 798. The van der Waals surface area contributed by atoms with Gasteiger partial charge >= 0.3 is 5.97 Å². The summed E-state index contributed by atoms with van der Waals surface area (Å²) in [6.07, 6.45) is 0.757. The molecule has 0 radical (unpaired) electrons. The highest BCUT2D eigenvalue weighted by molar-refractivity contribution is 6.30. The Morgan fingerprint density at radius 3 is 2.56 bits per heavy atom. The van der Waals surface area contributed by atoms with Crippen molar-refractivity contribution in [3.8, 4) is 17.2 Å². The standard InChI is InChI=1S/C20H21ClO6/c1-23-17-5-13(6-18(9-17)24-2)3-4-19(22)26-11-15-8-16(21)7-14-10-25-12-27-20(14)15/h5-9H,3-4,10-12H2,1-2H3. The maximum atomic E-state index is 12.2. The van der Waals surface area contributed by atoms with Crippen molar-refractivity contribution in [2.45, 2.75) is 26.1 Å². The van der Waals surface area contributed by atoms with Gasteiger partial charge < -0.3 is 23.7 Å². The zero-order chi connectivity index (χ0) is 19.2. The second kappa shape index (κ2) is 8.97. The van der Waals surface area contributed by atoms with Crippen LogP contribution in [0.15, 0.2) is 30.3 Å². The number of methoxy groups -OCH3 is 2. The summed E-state index contributed by atoms with van der Waals surface area (Å²) in [5, 5.41) is 0.553. The van der Waals surface area contributed by atoms with Crippen LogP contribution in [0.4, 0.5) is 0 Å². The smallest absolute Gasteiger partial charge is 0.306 e. The summed E-state index contributed by atoms with van der Waals surface area (Å²) in [7, 11) is 3.18. The van der Waals surface area contributed by atoms with Crippen LogP contribution in [0.1, 0.15) is 23.1 Å². The van der Waals surface area contributed by atoms with E-state index in [1.54, 1.807) is 32.4 Å². The molecule has 6 nitrogen and oxygen atoms in total. The highest BCUT2D eigenvalue weighted by Crippen LogP contribution is 2.32. The van der Waals surface area contributed by atoms with Crippen molar-refractivity contribution >= 4 is 17.6 Å². The van der Waals surface area contributed by atoms with E-state index in [-0.39, 0.29) is 25.8 Å². The fraction of sp³-hybridized carbons (Fsp3) is 0.350. The maximum absolute atomic E-state index is 12.2. The first-order chi connectivity index (χ1) is 13.1. The fourth-order valence-electron chi connectivity index (χ4n) is 2.85. The van der Waals surface area contributed by atoms with Gasteiger partial charge in [0.05, 0.1) is 20.8 Å². The zero-order valence-electron chi connectivity index (χ0n) is 15.2. The Kier molecular flexibility index (Phi) is 6.42. The topological polar surface area (TPSA) is 63.2 Å². The molecule has 27 heavy (non-hydrogen) atoms. The van der Waals surface area contributed by atoms with Gasteiger partial charge in [0.25, 0.3) is 0 Å².